The van der Waals surface area contributed by atoms with E-state index in [9.17, 15) is 9.59 Å². The SMILES string of the molecule is CCC(=O)N[C@@H]1CC[C@@H](NC(=O)c2c(C)[nH]c3c(-c4c(OCC5CC5)ccc(C)c4F)ncnc23)C[C@H]1C. The van der Waals surface area contributed by atoms with Crippen LogP contribution in [0.25, 0.3) is 22.3 Å². The lowest BCUT2D eigenvalue weighted by atomic mass is 9.82. The Balaban J connectivity index is 1.41. The monoisotopic (exact) mass is 521 g/mol. The Bertz CT molecular complexity index is 1370. The van der Waals surface area contributed by atoms with Crippen molar-refractivity contribution >= 4 is 22.8 Å². The zero-order valence-corrected chi connectivity index (χ0v) is 22.5. The highest BCUT2D eigenvalue weighted by Gasteiger charge is 2.31. The first-order valence-electron chi connectivity index (χ1n) is 13.6. The fourth-order valence-corrected chi connectivity index (χ4v) is 5.39. The largest absolute Gasteiger partial charge is 0.492 e. The molecule has 0 aliphatic heterocycles. The van der Waals surface area contributed by atoms with E-state index in [-0.39, 0.29) is 35.4 Å². The van der Waals surface area contributed by atoms with Gasteiger partial charge in [0.25, 0.3) is 5.91 Å². The molecule has 2 heterocycles. The third-order valence-corrected chi connectivity index (χ3v) is 7.88. The van der Waals surface area contributed by atoms with Gasteiger partial charge in [-0.15, -0.1) is 0 Å². The first-order chi connectivity index (χ1) is 18.3. The van der Waals surface area contributed by atoms with Gasteiger partial charge in [-0.2, -0.15) is 0 Å². The first kappa shape index (κ1) is 26.1. The van der Waals surface area contributed by atoms with E-state index in [0.717, 1.165) is 32.1 Å². The zero-order valence-electron chi connectivity index (χ0n) is 22.5. The molecule has 2 saturated carbocycles. The quantitative estimate of drug-likeness (QED) is 0.387. The fourth-order valence-electron chi connectivity index (χ4n) is 5.39. The van der Waals surface area contributed by atoms with Gasteiger partial charge in [0.1, 0.15) is 29.1 Å². The summed E-state index contributed by atoms with van der Waals surface area (Å²) in [5, 5.41) is 6.26. The number of aryl methyl sites for hydroxylation is 2. The average molecular weight is 522 g/mol. The van der Waals surface area contributed by atoms with Gasteiger partial charge in [-0.05, 0) is 69.4 Å². The molecule has 3 N–H and O–H groups in total. The summed E-state index contributed by atoms with van der Waals surface area (Å²) in [5.74, 6) is 0.654. The van der Waals surface area contributed by atoms with Crippen molar-refractivity contribution in [3.63, 3.8) is 0 Å². The number of aromatic nitrogens is 3. The number of fused-ring (bicyclic) bond motifs is 1. The molecule has 3 aromatic rings. The molecular weight excluding hydrogens is 485 g/mol. The molecule has 8 nitrogen and oxygen atoms in total. The number of aromatic amines is 1. The van der Waals surface area contributed by atoms with Gasteiger partial charge in [-0.1, -0.05) is 19.9 Å². The lowest BCUT2D eigenvalue weighted by Gasteiger charge is -2.35. The number of amides is 2. The molecule has 3 atom stereocenters. The van der Waals surface area contributed by atoms with Crippen LogP contribution in [-0.2, 0) is 4.79 Å². The molecule has 202 valence electrons. The summed E-state index contributed by atoms with van der Waals surface area (Å²) in [6.45, 7) is 8.03. The third kappa shape index (κ3) is 5.24. The number of nitrogens with zero attached hydrogens (tertiary/aromatic N) is 2. The van der Waals surface area contributed by atoms with Crippen LogP contribution in [-0.4, -0.2) is 45.5 Å². The molecular formula is C29H36FN5O3. The van der Waals surface area contributed by atoms with Crippen LogP contribution in [0.4, 0.5) is 4.39 Å². The molecule has 0 bridgehead atoms. The normalized spacial score (nSPS) is 21.3. The summed E-state index contributed by atoms with van der Waals surface area (Å²) >= 11 is 0. The van der Waals surface area contributed by atoms with Crippen molar-refractivity contribution in [1.82, 2.24) is 25.6 Å². The Morgan fingerprint density at radius 1 is 1.13 bits per heavy atom. The number of ether oxygens (including phenoxy) is 1. The van der Waals surface area contributed by atoms with Crippen LogP contribution in [0.2, 0.25) is 0 Å². The van der Waals surface area contributed by atoms with Crippen LogP contribution in [0.15, 0.2) is 18.5 Å². The standard InChI is InChI=1S/C29H36FN5O3/c1-5-22(36)35-20-10-9-19(12-16(20)3)34-29(37)23-17(4)33-28-26(23)31-14-32-27(28)24-21(38-13-18-7-8-18)11-6-15(2)25(24)30/h6,11,14,16,18-20,33H,5,7-10,12-13H2,1-4H3,(H,34,37)(H,35,36)/t16-,19-,20-/m1/s1. The maximum atomic E-state index is 15.5. The van der Waals surface area contributed by atoms with Crippen molar-refractivity contribution in [3.05, 3.63) is 41.1 Å². The van der Waals surface area contributed by atoms with Crippen LogP contribution >= 0.6 is 0 Å². The highest BCUT2D eigenvalue weighted by atomic mass is 19.1. The van der Waals surface area contributed by atoms with E-state index in [1.165, 1.54) is 6.33 Å². The lowest BCUT2D eigenvalue weighted by Crippen LogP contribution is -2.48. The average Bonchev–Trinajstić information content (AvgIpc) is 3.66. The van der Waals surface area contributed by atoms with E-state index >= 15 is 4.39 Å². The number of nitrogens with one attached hydrogen (secondary N) is 3. The molecule has 0 radical (unpaired) electrons. The van der Waals surface area contributed by atoms with Gasteiger partial charge in [-0.25, -0.2) is 14.4 Å². The smallest absolute Gasteiger partial charge is 0.255 e. The summed E-state index contributed by atoms with van der Waals surface area (Å²) in [4.78, 5) is 37.4. The first-order valence-corrected chi connectivity index (χ1v) is 13.6. The van der Waals surface area contributed by atoms with Gasteiger partial charge < -0.3 is 20.4 Å². The number of carbonyl (C=O) groups is 2. The van der Waals surface area contributed by atoms with E-state index in [1.54, 1.807) is 19.1 Å². The predicted molar refractivity (Wildman–Crippen MR) is 143 cm³/mol. The van der Waals surface area contributed by atoms with Gasteiger partial charge >= 0.3 is 0 Å². The third-order valence-electron chi connectivity index (χ3n) is 7.88. The second-order valence-electron chi connectivity index (χ2n) is 10.9. The van der Waals surface area contributed by atoms with Crippen LogP contribution in [0, 0.1) is 31.5 Å². The Morgan fingerprint density at radius 3 is 2.63 bits per heavy atom. The molecule has 9 heteroatoms. The van der Waals surface area contributed by atoms with Gasteiger partial charge in [0, 0.05) is 24.2 Å². The molecule has 2 aliphatic carbocycles. The highest BCUT2D eigenvalue weighted by Crippen LogP contribution is 2.39. The number of halogens is 1. The molecule has 5 rings (SSSR count). The second kappa shape index (κ2) is 10.7. The van der Waals surface area contributed by atoms with E-state index in [4.69, 9.17) is 4.74 Å². The van der Waals surface area contributed by atoms with Crippen molar-refractivity contribution in [1.29, 1.82) is 0 Å². The van der Waals surface area contributed by atoms with Crippen molar-refractivity contribution < 1.29 is 18.7 Å². The molecule has 0 unspecified atom stereocenters. The van der Waals surface area contributed by atoms with Crippen molar-refractivity contribution in [3.8, 4) is 17.0 Å². The number of hydrogen-bond donors (Lipinski definition) is 3. The number of benzene rings is 1. The van der Waals surface area contributed by atoms with E-state index in [0.29, 0.717) is 58.2 Å². The number of H-pyrrole nitrogens is 1. The minimum absolute atomic E-state index is 0.00502. The molecule has 2 aliphatic rings. The van der Waals surface area contributed by atoms with Crippen molar-refractivity contribution in [2.24, 2.45) is 11.8 Å². The zero-order chi connectivity index (χ0) is 27.0. The predicted octanol–water partition coefficient (Wildman–Crippen LogP) is 4.98. The van der Waals surface area contributed by atoms with Crippen LogP contribution in [0.5, 0.6) is 5.75 Å². The fraction of sp³-hybridized carbons (Fsp3) is 0.517. The maximum Gasteiger partial charge on any atom is 0.255 e. The summed E-state index contributed by atoms with van der Waals surface area (Å²) in [5.41, 5.74) is 3.20. The maximum absolute atomic E-state index is 15.5. The van der Waals surface area contributed by atoms with Gasteiger partial charge in [0.15, 0.2) is 0 Å². The minimum Gasteiger partial charge on any atom is -0.492 e. The van der Waals surface area contributed by atoms with E-state index < -0.39 is 5.82 Å². The van der Waals surface area contributed by atoms with Gasteiger partial charge in [-0.3, -0.25) is 9.59 Å². The number of carbonyl (C=O) groups excluding carboxylic acids is 2. The van der Waals surface area contributed by atoms with Crippen LogP contribution in [0.1, 0.15) is 74.0 Å². The van der Waals surface area contributed by atoms with Crippen LogP contribution < -0.4 is 15.4 Å². The molecule has 2 fully saturated rings. The molecule has 2 aromatic heterocycles. The van der Waals surface area contributed by atoms with E-state index in [1.807, 2.05) is 13.8 Å². The Morgan fingerprint density at radius 2 is 1.92 bits per heavy atom. The number of hydrogen-bond acceptors (Lipinski definition) is 5. The summed E-state index contributed by atoms with van der Waals surface area (Å²) < 4.78 is 21.5. The van der Waals surface area contributed by atoms with Crippen molar-refractivity contribution in [2.75, 3.05) is 6.61 Å². The second-order valence-corrected chi connectivity index (χ2v) is 10.9. The van der Waals surface area contributed by atoms with Gasteiger partial charge in [0.05, 0.1) is 23.3 Å². The topological polar surface area (TPSA) is 109 Å². The van der Waals surface area contributed by atoms with Crippen LogP contribution in [0.3, 0.4) is 0 Å². The summed E-state index contributed by atoms with van der Waals surface area (Å²) in [6.07, 6.45) is 6.46. The molecule has 0 saturated heterocycles. The van der Waals surface area contributed by atoms with Gasteiger partial charge in [0.2, 0.25) is 5.91 Å². The summed E-state index contributed by atoms with van der Waals surface area (Å²) in [7, 11) is 0. The summed E-state index contributed by atoms with van der Waals surface area (Å²) in [6, 6.07) is 3.62. The molecule has 38 heavy (non-hydrogen) atoms. The minimum atomic E-state index is -0.391. The Hall–Kier alpha value is -3.49. The van der Waals surface area contributed by atoms with E-state index in [2.05, 4.69) is 32.5 Å². The lowest BCUT2D eigenvalue weighted by molar-refractivity contribution is -0.122. The van der Waals surface area contributed by atoms with Crippen molar-refractivity contribution in [2.45, 2.75) is 78.3 Å². The Kier molecular flexibility index (Phi) is 7.36. The molecule has 0 spiro atoms. The highest BCUT2D eigenvalue weighted by molar-refractivity contribution is 6.09. The molecule has 2 amide bonds. The number of rotatable bonds is 8. The molecule has 1 aromatic carbocycles. The Labute approximate surface area is 222 Å².